The summed E-state index contributed by atoms with van der Waals surface area (Å²) < 4.78 is 32.3. The summed E-state index contributed by atoms with van der Waals surface area (Å²) >= 11 is 0. The molecule has 1 atom stereocenters. The number of H-pyrrole nitrogens is 1. The van der Waals surface area contributed by atoms with Crippen molar-refractivity contribution in [3.63, 3.8) is 0 Å². The van der Waals surface area contributed by atoms with Crippen molar-refractivity contribution in [2.75, 3.05) is 39.4 Å². The number of sulfonamides is 1. The van der Waals surface area contributed by atoms with E-state index in [-0.39, 0.29) is 5.25 Å². The maximum Gasteiger partial charge on any atom is 0.218 e. The van der Waals surface area contributed by atoms with Gasteiger partial charge in [0.15, 0.2) is 0 Å². The smallest absolute Gasteiger partial charge is 0.218 e. The van der Waals surface area contributed by atoms with Crippen LogP contribution in [0.3, 0.4) is 0 Å². The van der Waals surface area contributed by atoms with E-state index in [1.165, 1.54) is 0 Å². The molecule has 8 heteroatoms. The molecule has 2 saturated heterocycles. The Morgan fingerprint density at radius 3 is 2.86 bits per heavy atom. The normalized spacial score (nSPS) is 26.0. The van der Waals surface area contributed by atoms with E-state index in [1.807, 2.05) is 0 Å². The molecule has 0 aliphatic carbocycles. The molecule has 1 N–H and O–H groups in total. The van der Waals surface area contributed by atoms with Crippen LogP contribution in [0, 0.1) is 0 Å². The molecule has 2 fully saturated rings. The molecule has 21 heavy (non-hydrogen) atoms. The summed E-state index contributed by atoms with van der Waals surface area (Å²) in [6.45, 7) is 4.16. The number of piperidine rings is 1. The van der Waals surface area contributed by atoms with Gasteiger partial charge in [-0.25, -0.2) is 13.4 Å². The van der Waals surface area contributed by atoms with E-state index in [0.29, 0.717) is 39.4 Å². The second kappa shape index (κ2) is 6.43. The molecule has 1 aromatic rings. The predicted molar refractivity (Wildman–Crippen MR) is 78.2 cm³/mol. The number of likely N-dealkylation sites (tertiary alicyclic amines) is 1. The largest absolute Gasteiger partial charge is 0.379 e. The molecular weight excluding hydrogens is 292 g/mol. The summed E-state index contributed by atoms with van der Waals surface area (Å²) in [7, 11) is -3.22. The molecule has 0 aromatic carbocycles. The standard InChI is InChI=1S/C13H22N4O3S/c18-21(19,17-6-8-20-9-7-17)12-2-1-5-16(10-12)11-13-14-3-4-15-13/h3-4,12H,1-2,5-11H2,(H,14,15). The van der Waals surface area contributed by atoms with E-state index in [9.17, 15) is 8.42 Å². The van der Waals surface area contributed by atoms with Crippen LogP contribution in [0.5, 0.6) is 0 Å². The fourth-order valence-corrected chi connectivity index (χ4v) is 4.95. The molecular formula is C13H22N4O3S. The van der Waals surface area contributed by atoms with Gasteiger partial charge in [0.25, 0.3) is 0 Å². The summed E-state index contributed by atoms with van der Waals surface area (Å²) in [5, 5.41) is -0.306. The molecule has 2 aliphatic heterocycles. The van der Waals surface area contributed by atoms with Crippen molar-refractivity contribution in [3.8, 4) is 0 Å². The summed E-state index contributed by atoms with van der Waals surface area (Å²) in [5.41, 5.74) is 0. The van der Waals surface area contributed by atoms with Crippen LogP contribution >= 0.6 is 0 Å². The maximum atomic E-state index is 12.7. The van der Waals surface area contributed by atoms with Crippen LogP contribution in [0.15, 0.2) is 12.4 Å². The minimum Gasteiger partial charge on any atom is -0.379 e. The first kappa shape index (κ1) is 15.0. The lowest BCUT2D eigenvalue weighted by molar-refractivity contribution is 0.0719. The van der Waals surface area contributed by atoms with Gasteiger partial charge in [0, 0.05) is 32.0 Å². The first-order valence-corrected chi connectivity index (χ1v) is 8.94. The number of nitrogens with one attached hydrogen (secondary N) is 1. The number of nitrogens with zero attached hydrogens (tertiary/aromatic N) is 3. The van der Waals surface area contributed by atoms with Crippen molar-refractivity contribution in [1.82, 2.24) is 19.2 Å². The highest BCUT2D eigenvalue weighted by Gasteiger charge is 2.36. The summed E-state index contributed by atoms with van der Waals surface area (Å²) in [5.74, 6) is 0.888. The van der Waals surface area contributed by atoms with Gasteiger partial charge in [0.2, 0.25) is 10.0 Å². The number of aromatic nitrogens is 2. The molecule has 3 rings (SSSR count). The van der Waals surface area contributed by atoms with Gasteiger partial charge in [-0.15, -0.1) is 0 Å². The van der Waals surface area contributed by atoms with E-state index in [4.69, 9.17) is 4.74 Å². The number of rotatable bonds is 4. The van der Waals surface area contributed by atoms with Crippen molar-refractivity contribution in [1.29, 1.82) is 0 Å². The number of imidazole rings is 1. The molecule has 0 spiro atoms. The van der Waals surface area contributed by atoms with E-state index in [0.717, 1.165) is 25.2 Å². The summed E-state index contributed by atoms with van der Waals surface area (Å²) in [4.78, 5) is 9.46. The Hall–Kier alpha value is -0.960. The lowest BCUT2D eigenvalue weighted by atomic mass is 10.1. The minimum atomic E-state index is -3.22. The topological polar surface area (TPSA) is 78.5 Å². The van der Waals surface area contributed by atoms with Gasteiger partial charge in [-0.2, -0.15) is 4.31 Å². The molecule has 2 aliphatic rings. The van der Waals surface area contributed by atoms with Crippen LogP contribution in [0.25, 0.3) is 0 Å². The van der Waals surface area contributed by atoms with Gasteiger partial charge in [0.1, 0.15) is 5.82 Å². The Labute approximate surface area is 125 Å². The monoisotopic (exact) mass is 314 g/mol. The van der Waals surface area contributed by atoms with Crippen LogP contribution in [-0.2, 0) is 21.3 Å². The first-order valence-electron chi connectivity index (χ1n) is 7.43. The Morgan fingerprint density at radius 1 is 1.33 bits per heavy atom. The molecule has 0 amide bonds. The third-order valence-corrected chi connectivity index (χ3v) is 6.45. The fourth-order valence-electron chi connectivity index (χ4n) is 3.01. The second-order valence-electron chi connectivity index (χ2n) is 5.59. The molecule has 118 valence electrons. The third kappa shape index (κ3) is 3.45. The van der Waals surface area contributed by atoms with Crippen molar-refractivity contribution in [2.24, 2.45) is 0 Å². The molecule has 1 unspecified atom stereocenters. The quantitative estimate of drug-likeness (QED) is 0.849. The van der Waals surface area contributed by atoms with Gasteiger partial charge in [-0.05, 0) is 19.4 Å². The van der Waals surface area contributed by atoms with Crippen molar-refractivity contribution in [2.45, 2.75) is 24.6 Å². The predicted octanol–water partition coefficient (Wildman–Crippen LogP) is 0.0361. The highest BCUT2D eigenvalue weighted by atomic mass is 32.2. The number of ether oxygens (including phenoxy) is 1. The van der Waals surface area contributed by atoms with E-state index in [2.05, 4.69) is 14.9 Å². The third-order valence-electron chi connectivity index (χ3n) is 4.14. The van der Waals surface area contributed by atoms with Gasteiger partial charge >= 0.3 is 0 Å². The van der Waals surface area contributed by atoms with E-state index in [1.54, 1.807) is 16.7 Å². The van der Waals surface area contributed by atoms with Crippen molar-refractivity contribution < 1.29 is 13.2 Å². The number of hydrogen-bond donors (Lipinski definition) is 1. The van der Waals surface area contributed by atoms with E-state index < -0.39 is 10.0 Å². The Kier molecular flexibility index (Phi) is 4.58. The zero-order valence-corrected chi connectivity index (χ0v) is 12.9. The van der Waals surface area contributed by atoms with E-state index >= 15 is 0 Å². The molecule has 0 bridgehead atoms. The van der Waals surface area contributed by atoms with Crippen LogP contribution in [0.2, 0.25) is 0 Å². The molecule has 0 saturated carbocycles. The first-order chi connectivity index (χ1) is 10.2. The average Bonchev–Trinajstić information content (AvgIpc) is 3.01. The SMILES string of the molecule is O=S(=O)(C1CCCN(Cc2ncc[nH]2)C1)N1CCOCC1. The van der Waals surface area contributed by atoms with Gasteiger partial charge in [-0.3, -0.25) is 4.90 Å². The zero-order valence-electron chi connectivity index (χ0n) is 12.1. The lowest BCUT2D eigenvalue weighted by Crippen LogP contribution is -2.50. The molecule has 0 radical (unpaired) electrons. The van der Waals surface area contributed by atoms with Crippen molar-refractivity contribution >= 4 is 10.0 Å². The fraction of sp³-hybridized carbons (Fsp3) is 0.769. The average molecular weight is 314 g/mol. The molecule has 1 aromatic heterocycles. The van der Waals surface area contributed by atoms with Crippen LogP contribution in [-0.4, -0.2) is 72.2 Å². The highest BCUT2D eigenvalue weighted by molar-refractivity contribution is 7.89. The van der Waals surface area contributed by atoms with Crippen LogP contribution in [0.4, 0.5) is 0 Å². The number of hydrogen-bond acceptors (Lipinski definition) is 5. The maximum absolute atomic E-state index is 12.7. The van der Waals surface area contributed by atoms with Crippen molar-refractivity contribution in [3.05, 3.63) is 18.2 Å². The van der Waals surface area contributed by atoms with Crippen LogP contribution in [0.1, 0.15) is 18.7 Å². The van der Waals surface area contributed by atoms with Gasteiger partial charge in [-0.1, -0.05) is 0 Å². The second-order valence-corrected chi connectivity index (χ2v) is 7.80. The number of aromatic amines is 1. The van der Waals surface area contributed by atoms with Crippen LogP contribution < -0.4 is 0 Å². The Balaban J connectivity index is 1.64. The lowest BCUT2D eigenvalue weighted by Gasteiger charge is -2.36. The number of morpholine rings is 1. The molecule has 7 nitrogen and oxygen atoms in total. The molecule has 3 heterocycles. The van der Waals surface area contributed by atoms with Gasteiger partial charge in [0.05, 0.1) is 25.0 Å². The minimum absolute atomic E-state index is 0.306. The zero-order chi connectivity index (χ0) is 14.7. The highest BCUT2D eigenvalue weighted by Crippen LogP contribution is 2.22. The Bertz CT molecular complexity index is 540. The summed E-state index contributed by atoms with van der Waals surface area (Å²) in [6, 6.07) is 0. The Morgan fingerprint density at radius 2 is 2.14 bits per heavy atom. The summed E-state index contributed by atoms with van der Waals surface area (Å²) in [6.07, 6.45) is 5.17. The van der Waals surface area contributed by atoms with Gasteiger partial charge < -0.3 is 9.72 Å².